The second kappa shape index (κ2) is 22.1. The van der Waals surface area contributed by atoms with Gasteiger partial charge in [-0.15, -0.1) is 0 Å². The maximum absolute atomic E-state index is 11.2. The summed E-state index contributed by atoms with van der Waals surface area (Å²) in [6.07, 6.45) is 21.0. The Morgan fingerprint density at radius 3 is 1.30 bits per heavy atom. The molecular weight excluding hydrogens is 279 g/mol. The maximum atomic E-state index is 11.2. The van der Waals surface area contributed by atoms with Gasteiger partial charge in [0.2, 0.25) is 0 Å². The van der Waals surface area contributed by atoms with E-state index in [2.05, 4.69) is 6.92 Å². The monoisotopic (exact) mass is 319 g/mol. The van der Waals surface area contributed by atoms with Gasteiger partial charge < -0.3 is 4.74 Å². The largest absolute Gasteiger partial charge is 0.466 e. The Morgan fingerprint density at radius 2 is 0.957 bits per heavy atom. The molecule has 0 amide bonds. The van der Waals surface area contributed by atoms with Gasteiger partial charge in [-0.05, 0) is 13.3 Å². The Morgan fingerprint density at radius 1 is 0.609 bits per heavy atom. The smallest absolute Gasteiger partial charge is 0.305 e. The minimum Gasteiger partial charge on any atom is -0.466 e. The van der Waals surface area contributed by atoms with E-state index < -0.39 is 0 Å². The van der Waals surface area contributed by atoms with Gasteiger partial charge in [-0.1, -0.05) is 96.8 Å². The fourth-order valence-electron chi connectivity index (χ4n) is 2.87. The Labute approximate surface area is 157 Å². The number of carbonyl (C=O) groups excluding carboxylic acids is 1. The van der Waals surface area contributed by atoms with E-state index in [9.17, 15) is 4.79 Å². The normalized spacial score (nSPS) is 10.3. The fraction of sp³-hybridized carbons (Fsp3) is 0.950. The maximum Gasteiger partial charge on any atom is 0.305 e. The van der Waals surface area contributed by atoms with Crippen molar-refractivity contribution in [2.24, 2.45) is 0 Å². The first-order valence-corrected chi connectivity index (χ1v) is 9.96. The first-order valence-electron chi connectivity index (χ1n) is 9.96. The summed E-state index contributed by atoms with van der Waals surface area (Å²) in [6, 6.07) is 0. The van der Waals surface area contributed by atoms with E-state index >= 15 is 0 Å². The molecule has 1 radical (unpaired) electrons. The van der Waals surface area contributed by atoms with Gasteiger partial charge in [0.25, 0.3) is 0 Å². The van der Waals surface area contributed by atoms with Gasteiger partial charge in [0, 0.05) is 25.3 Å². The van der Waals surface area contributed by atoms with Crippen molar-refractivity contribution in [2.45, 2.75) is 117 Å². The third-order valence-corrected chi connectivity index (χ3v) is 4.29. The minimum absolute atomic E-state index is 0. The molecule has 0 saturated carbocycles. The molecule has 0 saturated heterocycles. The first-order chi connectivity index (χ1) is 10.8. The zero-order valence-electron chi connectivity index (χ0n) is 16.3. The molecule has 0 aromatic heterocycles. The van der Waals surface area contributed by atoms with E-state index in [-0.39, 0.29) is 24.8 Å². The van der Waals surface area contributed by atoms with E-state index in [1.807, 2.05) is 6.92 Å². The number of rotatable bonds is 17. The summed E-state index contributed by atoms with van der Waals surface area (Å²) < 4.78 is 4.92. The summed E-state index contributed by atoms with van der Waals surface area (Å²) in [7, 11) is 0. The molecule has 0 aliphatic rings. The molecule has 0 aliphatic heterocycles. The van der Waals surface area contributed by atoms with Crippen LogP contribution in [0.4, 0.5) is 0 Å². The van der Waals surface area contributed by atoms with Crippen LogP contribution in [0.25, 0.3) is 0 Å². The van der Waals surface area contributed by atoms with Gasteiger partial charge >= 0.3 is 5.97 Å². The van der Waals surface area contributed by atoms with Crippen LogP contribution in [0, 0.1) is 0 Å². The molecule has 0 unspecified atom stereocenters. The molecule has 0 spiro atoms. The standard InChI is InChI=1S/C20H40O2.Li/c1-3-5-6-7-8-9-10-11-12-13-14-15-16-17-18-19-20(21)22-4-2;/h3-19H2,1-2H3;. The summed E-state index contributed by atoms with van der Waals surface area (Å²) >= 11 is 0. The van der Waals surface area contributed by atoms with E-state index in [1.54, 1.807) is 0 Å². The van der Waals surface area contributed by atoms with Gasteiger partial charge in [0.05, 0.1) is 6.61 Å². The van der Waals surface area contributed by atoms with Crippen molar-refractivity contribution in [1.82, 2.24) is 0 Å². The minimum atomic E-state index is -0.0304. The van der Waals surface area contributed by atoms with Crippen LogP contribution in [0.1, 0.15) is 117 Å². The van der Waals surface area contributed by atoms with Crippen LogP contribution in [0.2, 0.25) is 0 Å². The van der Waals surface area contributed by atoms with Crippen molar-refractivity contribution in [3.05, 3.63) is 0 Å². The van der Waals surface area contributed by atoms with Crippen LogP contribution in [0.15, 0.2) is 0 Å². The zero-order chi connectivity index (χ0) is 16.3. The molecule has 2 nitrogen and oxygen atoms in total. The Bertz CT molecular complexity index is 232. The summed E-state index contributed by atoms with van der Waals surface area (Å²) in [6.45, 7) is 4.66. The van der Waals surface area contributed by atoms with Gasteiger partial charge in [-0.3, -0.25) is 4.79 Å². The average molecular weight is 319 g/mol. The predicted molar refractivity (Wildman–Crippen MR) is 102 cm³/mol. The van der Waals surface area contributed by atoms with E-state index in [0.29, 0.717) is 13.0 Å². The molecule has 0 aromatic carbocycles. The molecule has 0 fully saturated rings. The van der Waals surface area contributed by atoms with Crippen molar-refractivity contribution in [3.63, 3.8) is 0 Å². The molecule has 0 aliphatic carbocycles. The number of hydrogen-bond acceptors (Lipinski definition) is 2. The summed E-state index contributed by atoms with van der Waals surface area (Å²) in [4.78, 5) is 11.2. The molecule has 0 bridgehead atoms. The molecule has 0 N–H and O–H groups in total. The summed E-state index contributed by atoms with van der Waals surface area (Å²) in [5.74, 6) is -0.0304. The quantitative estimate of drug-likeness (QED) is 0.175. The third kappa shape index (κ3) is 22.1. The van der Waals surface area contributed by atoms with Crippen LogP contribution in [-0.4, -0.2) is 31.4 Å². The number of esters is 1. The molecule has 133 valence electrons. The van der Waals surface area contributed by atoms with Crippen molar-refractivity contribution in [2.75, 3.05) is 6.61 Å². The Balaban J connectivity index is 0. The van der Waals surface area contributed by atoms with Crippen LogP contribution < -0.4 is 0 Å². The van der Waals surface area contributed by atoms with Crippen LogP contribution in [0.5, 0.6) is 0 Å². The summed E-state index contributed by atoms with van der Waals surface area (Å²) in [5.41, 5.74) is 0. The second-order valence-electron chi connectivity index (χ2n) is 6.50. The topological polar surface area (TPSA) is 26.3 Å². The molecule has 0 aromatic rings. The van der Waals surface area contributed by atoms with Gasteiger partial charge in [0.15, 0.2) is 0 Å². The average Bonchev–Trinajstić information content (AvgIpc) is 2.51. The zero-order valence-corrected chi connectivity index (χ0v) is 16.3. The number of hydrogen-bond donors (Lipinski definition) is 0. The van der Waals surface area contributed by atoms with Gasteiger partial charge in [0.1, 0.15) is 0 Å². The van der Waals surface area contributed by atoms with Crippen LogP contribution in [-0.2, 0) is 9.53 Å². The van der Waals surface area contributed by atoms with Crippen molar-refractivity contribution < 1.29 is 9.53 Å². The molecule has 3 heteroatoms. The molecular formula is C20H40LiO2. The van der Waals surface area contributed by atoms with Gasteiger partial charge in [-0.25, -0.2) is 0 Å². The van der Waals surface area contributed by atoms with E-state index in [0.717, 1.165) is 6.42 Å². The first kappa shape index (κ1) is 25.3. The molecule has 0 heterocycles. The van der Waals surface area contributed by atoms with Crippen LogP contribution >= 0.6 is 0 Å². The van der Waals surface area contributed by atoms with Crippen molar-refractivity contribution >= 4 is 24.8 Å². The third-order valence-electron chi connectivity index (χ3n) is 4.29. The SMILES string of the molecule is CCCCCCCCCCCCCCCCCC(=O)OCC.[Li]. The Hall–Kier alpha value is 0.0674. The number of ether oxygens (including phenoxy) is 1. The number of unbranched alkanes of at least 4 members (excludes halogenated alkanes) is 14. The Kier molecular flexibility index (Phi) is 24.3. The fourth-order valence-corrected chi connectivity index (χ4v) is 2.87. The summed E-state index contributed by atoms with van der Waals surface area (Å²) in [5, 5.41) is 0. The molecule has 0 rings (SSSR count). The van der Waals surface area contributed by atoms with Gasteiger partial charge in [-0.2, -0.15) is 0 Å². The van der Waals surface area contributed by atoms with Crippen LogP contribution in [0.3, 0.4) is 0 Å². The van der Waals surface area contributed by atoms with E-state index in [4.69, 9.17) is 4.74 Å². The molecule has 23 heavy (non-hydrogen) atoms. The van der Waals surface area contributed by atoms with E-state index in [1.165, 1.54) is 89.9 Å². The van der Waals surface area contributed by atoms with Crippen molar-refractivity contribution in [3.8, 4) is 0 Å². The molecule has 0 atom stereocenters. The second-order valence-corrected chi connectivity index (χ2v) is 6.50. The number of carbonyl (C=O) groups is 1. The predicted octanol–water partition coefficient (Wildman–Crippen LogP) is 6.43. The van der Waals surface area contributed by atoms with Crippen molar-refractivity contribution in [1.29, 1.82) is 0 Å².